The van der Waals surface area contributed by atoms with Crippen LogP contribution in [0.1, 0.15) is 46.7 Å². The number of hydrogen-bond donors (Lipinski definition) is 2. The number of rotatable bonds is 3. The minimum atomic E-state index is -1.28. The number of pyridine rings is 2. The van der Waals surface area contributed by atoms with E-state index in [1.165, 1.54) is 10.5 Å². The number of aromatic nitrogens is 1. The molecule has 6 nitrogen and oxygen atoms in total. The molecule has 2 aliphatic rings. The van der Waals surface area contributed by atoms with E-state index in [1.807, 2.05) is 4.90 Å². The van der Waals surface area contributed by atoms with Crippen LogP contribution in [0.3, 0.4) is 0 Å². The smallest absolute Gasteiger partial charge is 0.341 e. The standard InChI is InChI=1S/C18H20FN3O3.ClH/c1-9-15-12(10-2-3-10)6-13(18(24)25)17(23)22(15)8-14(19)16(9)21-5-4-11(20)7-21;/h6,8,10-11H,2-5,7,20H2,1H3,(H,24,25);1H/t11-;/m0./s1. The molecule has 8 heteroatoms. The summed E-state index contributed by atoms with van der Waals surface area (Å²) >= 11 is 0. The van der Waals surface area contributed by atoms with Crippen molar-refractivity contribution in [2.75, 3.05) is 18.0 Å². The molecule has 2 aromatic heterocycles. The number of fused-ring (bicyclic) bond motifs is 1. The molecule has 0 unspecified atom stereocenters. The second-order valence-electron chi connectivity index (χ2n) is 7.06. The lowest BCUT2D eigenvalue weighted by Gasteiger charge is -2.23. The summed E-state index contributed by atoms with van der Waals surface area (Å²) < 4.78 is 16.0. The molecule has 26 heavy (non-hydrogen) atoms. The van der Waals surface area contributed by atoms with Gasteiger partial charge in [0.2, 0.25) is 0 Å². The SMILES string of the molecule is Cc1c(N2CC[C@H](N)C2)c(F)cn2c(=O)c(C(=O)O)cc(C3CC3)c12.Cl. The third-order valence-corrected chi connectivity index (χ3v) is 5.23. The fourth-order valence-corrected chi connectivity index (χ4v) is 3.88. The minimum Gasteiger partial charge on any atom is -0.477 e. The molecule has 1 saturated carbocycles. The van der Waals surface area contributed by atoms with Crippen LogP contribution in [-0.4, -0.2) is 34.6 Å². The molecule has 0 spiro atoms. The number of halogens is 2. The van der Waals surface area contributed by atoms with E-state index in [0.29, 0.717) is 29.9 Å². The summed E-state index contributed by atoms with van der Waals surface area (Å²) in [6.45, 7) is 3.04. The van der Waals surface area contributed by atoms with Gasteiger partial charge in [0.1, 0.15) is 5.56 Å². The fourth-order valence-electron chi connectivity index (χ4n) is 3.88. The van der Waals surface area contributed by atoms with Gasteiger partial charge in [-0.25, -0.2) is 9.18 Å². The van der Waals surface area contributed by atoms with Gasteiger partial charge in [0.15, 0.2) is 5.82 Å². The summed E-state index contributed by atoms with van der Waals surface area (Å²) in [5.41, 5.74) is 7.54. The van der Waals surface area contributed by atoms with E-state index in [9.17, 15) is 19.1 Å². The van der Waals surface area contributed by atoms with Crippen LogP contribution < -0.4 is 16.2 Å². The van der Waals surface area contributed by atoms with Gasteiger partial charge < -0.3 is 15.7 Å². The van der Waals surface area contributed by atoms with Gasteiger partial charge in [0, 0.05) is 19.1 Å². The quantitative estimate of drug-likeness (QED) is 0.851. The Hall–Kier alpha value is -2.12. The fraction of sp³-hybridized carbons (Fsp3) is 0.444. The average Bonchev–Trinajstić information content (AvgIpc) is 3.30. The number of carbonyl (C=O) groups is 1. The normalized spacial score (nSPS) is 19.7. The Morgan fingerprint density at radius 3 is 2.58 bits per heavy atom. The molecule has 0 amide bonds. The highest BCUT2D eigenvalue weighted by atomic mass is 35.5. The van der Waals surface area contributed by atoms with Gasteiger partial charge in [0.05, 0.1) is 17.4 Å². The van der Waals surface area contributed by atoms with E-state index >= 15 is 0 Å². The minimum absolute atomic E-state index is 0. The maximum Gasteiger partial charge on any atom is 0.341 e. The van der Waals surface area contributed by atoms with E-state index in [4.69, 9.17) is 5.73 Å². The Kier molecular flexibility index (Phi) is 4.71. The molecule has 0 bridgehead atoms. The zero-order chi connectivity index (χ0) is 17.9. The van der Waals surface area contributed by atoms with Crippen LogP contribution in [0.25, 0.3) is 5.52 Å². The summed E-state index contributed by atoms with van der Waals surface area (Å²) in [5.74, 6) is -1.58. The first-order valence-corrected chi connectivity index (χ1v) is 8.50. The number of nitrogens with zero attached hydrogens (tertiary/aromatic N) is 2. The van der Waals surface area contributed by atoms with Gasteiger partial charge in [-0.3, -0.25) is 9.20 Å². The van der Waals surface area contributed by atoms with Gasteiger partial charge in [-0.15, -0.1) is 12.4 Å². The largest absolute Gasteiger partial charge is 0.477 e. The van der Waals surface area contributed by atoms with Crippen LogP contribution in [0.15, 0.2) is 17.1 Å². The molecule has 4 rings (SSSR count). The van der Waals surface area contributed by atoms with Crippen LogP contribution in [0.4, 0.5) is 10.1 Å². The van der Waals surface area contributed by atoms with E-state index in [2.05, 4.69) is 0 Å². The number of carboxylic acid groups (broad SMARTS) is 1. The third kappa shape index (κ3) is 2.85. The van der Waals surface area contributed by atoms with Crippen molar-refractivity contribution in [2.24, 2.45) is 5.73 Å². The van der Waals surface area contributed by atoms with Crippen LogP contribution in [0.5, 0.6) is 0 Å². The van der Waals surface area contributed by atoms with E-state index in [0.717, 1.165) is 31.0 Å². The van der Waals surface area contributed by atoms with Crippen molar-refractivity contribution < 1.29 is 14.3 Å². The summed E-state index contributed by atoms with van der Waals surface area (Å²) in [6, 6.07) is 1.48. The molecule has 2 fully saturated rings. The maximum atomic E-state index is 14.8. The van der Waals surface area contributed by atoms with Crippen molar-refractivity contribution in [1.29, 1.82) is 0 Å². The molecule has 3 N–H and O–H groups in total. The van der Waals surface area contributed by atoms with Crippen LogP contribution in [-0.2, 0) is 0 Å². The van der Waals surface area contributed by atoms with Gasteiger partial charge >= 0.3 is 5.97 Å². The molecule has 3 heterocycles. The van der Waals surface area contributed by atoms with Gasteiger partial charge in [-0.2, -0.15) is 0 Å². The predicted octanol–water partition coefficient (Wildman–Crippen LogP) is 2.28. The highest BCUT2D eigenvalue weighted by Gasteiger charge is 2.31. The number of aryl methyl sites for hydroxylation is 1. The van der Waals surface area contributed by atoms with Crippen LogP contribution >= 0.6 is 12.4 Å². The lowest BCUT2D eigenvalue weighted by Crippen LogP contribution is -2.29. The number of carboxylic acids is 1. The zero-order valence-electron chi connectivity index (χ0n) is 14.4. The Balaban J connectivity index is 0.00000196. The maximum absolute atomic E-state index is 14.8. The molecule has 0 radical (unpaired) electrons. The van der Waals surface area contributed by atoms with Gasteiger partial charge in [-0.05, 0) is 49.3 Å². The highest BCUT2D eigenvalue weighted by Crippen LogP contribution is 2.44. The van der Waals surface area contributed by atoms with Crippen molar-refractivity contribution in [3.63, 3.8) is 0 Å². The van der Waals surface area contributed by atoms with Crippen molar-refractivity contribution in [2.45, 2.75) is 38.1 Å². The molecule has 1 saturated heterocycles. The molecule has 0 aromatic carbocycles. The first-order valence-electron chi connectivity index (χ1n) is 8.50. The Morgan fingerprint density at radius 2 is 2.04 bits per heavy atom. The average molecular weight is 382 g/mol. The molecular weight excluding hydrogens is 361 g/mol. The number of nitrogens with two attached hydrogens (primary N) is 1. The zero-order valence-corrected chi connectivity index (χ0v) is 15.2. The topological polar surface area (TPSA) is 88.0 Å². The summed E-state index contributed by atoms with van der Waals surface area (Å²) in [6.07, 6.45) is 3.83. The van der Waals surface area contributed by atoms with E-state index in [-0.39, 0.29) is 29.9 Å². The third-order valence-electron chi connectivity index (χ3n) is 5.23. The van der Waals surface area contributed by atoms with E-state index < -0.39 is 17.3 Å². The summed E-state index contributed by atoms with van der Waals surface area (Å²) in [4.78, 5) is 25.9. The first kappa shape index (κ1) is 18.7. The first-order chi connectivity index (χ1) is 11.9. The lowest BCUT2D eigenvalue weighted by molar-refractivity contribution is 0.0694. The lowest BCUT2D eigenvalue weighted by atomic mass is 10.0. The van der Waals surface area contributed by atoms with Gasteiger partial charge in [0.25, 0.3) is 5.56 Å². The Labute approximate surface area is 155 Å². The van der Waals surface area contributed by atoms with Crippen LogP contribution in [0, 0.1) is 12.7 Å². The molecule has 1 aliphatic carbocycles. The molecule has 1 atom stereocenters. The van der Waals surface area contributed by atoms with Crippen LogP contribution in [0.2, 0.25) is 0 Å². The number of aromatic carboxylic acids is 1. The molecule has 140 valence electrons. The second kappa shape index (κ2) is 6.55. The monoisotopic (exact) mass is 381 g/mol. The van der Waals surface area contributed by atoms with E-state index in [1.54, 1.807) is 6.92 Å². The molecule has 1 aliphatic heterocycles. The van der Waals surface area contributed by atoms with Gasteiger partial charge in [-0.1, -0.05) is 0 Å². The van der Waals surface area contributed by atoms with Crippen molar-refractivity contribution >= 4 is 29.6 Å². The van der Waals surface area contributed by atoms with Crippen molar-refractivity contribution in [1.82, 2.24) is 4.40 Å². The highest BCUT2D eigenvalue weighted by molar-refractivity contribution is 5.89. The number of anilines is 1. The molecule has 2 aromatic rings. The Bertz CT molecular complexity index is 955. The second-order valence-corrected chi connectivity index (χ2v) is 7.06. The summed E-state index contributed by atoms with van der Waals surface area (Å²) in [7, 11) is 0. The van der Waals surface area contributed by atoms with Crippen molar-refractivity contribution in [3.8, 4) is 0 Å². The molecular formula is C18H21ClFN3O3. The Morgan fingerprint density at radius 1 is 1.35 bits per heavy atom. The van der Waals surface area contributed by atoms with Crippen molar-refractivity contribution in [3.05, 3.63) is 45.1 Å². The summed E-state index contributed by atoms with van der Waals surface area (Å²) in [5, 5.41) is 9.32. The predicted molar refractivity (Wildman–Crippen MR) is 99.3 cm³/mol. The number of hydrogen-bond acceptors (Lipinski definition) is 4.